The minimum atomic E-state index is -0.267. The second-order valence-electron chi connectivity index (χ2n) is 12.1. The Morgan fingerprint density at radius 1 is 1.03 bits per heavy atom. The summed E-state index contributed by atoms with van der Waals surface area (Å²) < 4.78 is 18.0. The first-order chi connectivity index (χ1) is 17.9. The number of carbonyl (C=O) groups is 2. The molecule has 1 saturated heterocycles. The van der Waals surface area contributed by atoms with E-state index in [4.69, 9.17) is 14.2 Å². The van der Waals surface area contributed by atoms with Gasteiger partial charge in [-0.25, -0.2) is 0 Å². The monoisotopic (exact) mass is 535 g/mol. The van der Waals surface area contributed by atoms with Gasteiger partial charge in [0.05, 0.1) is 18.1 Å². The van der Waals surface area contributed by atoms with Gasteiger partial charge < -0.3 is 19.1 Å². The largest absolute Gasteiger partial charge is 0.462 e. The average molecular weight is 536 g/mol. The van der Waals surface area contributed by atoms with Crippen LogP contribution in [0.2, 0.25) is 0 Å². The highest BCUT2D eigenvalue weighted by molar-refractivity contribution is 5.82. The number of β-lactam (4-membered cyclic amide) rings is 1. The predicted octanol–water partition coefficient (Wildman–Crippen LogP) is 7.04. The Balaban J connectivity index is 2.95. The van der Waals surface area contributed by atoms with Gasteiger partial charge >= 0.3 is 5.97 Å². The summed E-state index contributed by atoms with van der Waals surface area (Å²) in [7, 11) is 3.52. The molecule has 0 N–H and O–H groups in total. The van der Waals surface area contributed by atoms with Gasteiger partial charge in [-0.1, -0.05) is 73.6 Å². The van der Waals surface area contributed by atoms with Crippen LogP contribution in [0.25, 0.3) is 0 Å². The summed E-state index contributed by atoms with van der Waals surface area (Å²) in [5, 5.41) is 0. The molecule has 0 radical (unpaired) electrons. The molecule has 1 aliphatic rings. The lowest BCUT2D eigenvalue weighted by Crippen LogP contribution is -2.40. The third kappa shape index (κ3) is 10.8. The van der Waals surface area contributed by atoms with Gasteiger partial charge in [0.1, 0.15) is 6.10 Å². The van der Waals surface area contributed by atoms with E-state index >= 15 is 0 Å². The van der Waals surface area contributed by atoms with Gasteiger partial charge in [-0.3, -0.25) is 9.59 Å². The number of amides is 1. The predicted molar refractivity (Wildman–Crippen MR) is 156 cm³/mol. The molecule has 1 rings (SSSR count). The van der Waals surface area contributed by atoms with Crippen LogP contribution < -0.4 is 0 Å². The fourth-order valence-electron chi connectivity index (χ4n) is 5.25. The minimum Gasteiger partial charge on any atom is -0.462 e. The number of nitrogens with zero attached hydrogens (tertiary/aromatic N) is 1. The Bertz CT molecular complexity index is 761. The standard InChI is InChI=1S/C32H57NO5/c1-12-23(6)19-27(21(2)3)20-29(36-10)24(7)13-14-28(38-32(35)22(4)5)26(9)31(37-11)25(8)15-17-33-18-16-30(33)34/h15,17,21-22,24-29,31H,6,12-14,16,18-20H2,1-5,7-11H3/b17-15+/t24-,25+,26-,27-,28+,29-,31+/m0/s1. The smallest absolute Gasteiger partial charge is 0.308 e. The number of esters is 1. The Morgan fingerprint density at radius 2 is 1.68 bits per heavy atom. The quantitative estimate of drug-likeness (QED) is 0.101. The maximum absolute atomic E-state index is 12.7. The Kier molecular flexibility index (Phi) is 15.5. The summed E-state index contributed by atoms with van der Waals surface area (Å²) in [6.45, 7) is 21.9. The highest BCUT2D eigenvalue weighted by atomic mass is 16.5. The van der Waals surface area contributed by atoms with Crippen molar-refractivity contribution in [3.63, 3.8) is 0 Å². The summed E-state index contributed by atoms with van der Waals surface area (Å²) in [6, 6.07) is 0. The fourth-order valence-corrected chi connectivity index (χ4v) is 5.25. The molecule has 6 nitrogen and oxygen atoms in total. The molecule has 0 saturated carbocycles. The van der Waals surface area contributed by atoms with E-state index in [1.807, 2.05) is 33.2 Å². The molecule has 220 valence electrons. The molecule has 1 aliphatic heterocycles. The SMILES string of the molecule is C=C(CC)C[C@@H](C[C@H](OC)[C@@H](C)CC[C@@H](OC(=O)C(C)C)[C@H](C)[C@H](OC)[C@H](C)/C=C/N1CCC1=O)C(C)C. The maximum atomic E-state index is 12.7. The molecular formula is C32H57NO5. The third-order valence-electron chi connectivity index (χ3n) is 8.46. The molecule has 38 heavy (non-hydrogen) atoms. The first kappa shape index (κ1) is 34.4. The van der Waals surface area contributed by atoms with Crippen molar-refractivity contribution in [2.24, 2.45) is 35.5 Å². The van der Waals surface area contributed by atoms with Crippen molar-refractivity contribution in [2.45, 2.75) is 112 Å². The van der Waals surface area contributed by atoms with E-state index in [1.165, 1.54) is 5.57 Å². The topological polar surface area (TPSA) is 65.1 Å². The number of carbonyl (C=O) groups excluding carboxylic acids is 2. The number of likely N-dealkylation sites (tertiary alicyclic amines) is 1. The van der Waals surface area contributed by atoms with Gasteiger partial charge in [-0.15, -0.1) is 0 Å². The second kappa shape index (κ2) is 17.1. The number of methoxy groups -OCH3 is 2. The first-order valence-corrected chi connectivity index (χ1v) is 14.8. The number of allylic oxidation sites excluding steroid dienone is 1. The molecule has 0 aromatic heterocycles. The van der Waals surface area contributed by atoms with Crippen LogP contribution in [0.15, 0.2) is 24.4 Å². The summed E-state index contributed by atoms with van der Waals surface area (Å²) in [6.07, 6.45) is 8.92. The van der Waals surface area contributed by atoms with E-state index in [0.717, 1.165) is 38.6 Å². The van der Waals surface area contributed by atoms with Crippen LogP contribution in [-0.4, -0.2) is 55.9 Å². The average Bonchev–Trinajstić information content (AvgIpc) is 2.87. The summed E-state index contributed by atoms with van der Waals surface area (Å²) in [5.74, 6) is 1.24. The van der Waals surface area contributed by atoms with Gasteiger partial charge in [0, 0.05) is 45.2 Å². The molecule has 7 atom stereocenters. The van der Waals surface area contributed by atoms with E-state index in [9.17, 15) is 9.59 Å². The molecule has 0 unspecified atom stereocenters. The highest BCUT2D eigenvalue weighted by Gasteiger charge is 2.34. The number of hydrogen-bond acceptors (Lipinski definition) is 5. The van der Waals surface area contributed by atoms with E-state index in [1.54, 1.807) is 12.0 Å². The molecule has 0 spiro atoms. The molecule has 1 heterocycles. The first-order valence-electron chi connectivity index (χ1n) is 14.8. The Hall–Kier alpha value is -1.66. The van der Waals surface area contributed by atoms with Crippen LogP contribution in [-0.2, 0) is 23.8 Å². The van der Waals surface area contributed by atoms with Gasteiger partial charge in [-0.05, 0) is 49.9 Å². The molecule has 1 amide bonds. The van der Waals surface area contributed by atoms with E-state index in [-0.39, 0.29) is 47.9 Å². The van der Waals surface area contributed by atoms with Crippen LogP contribution in [0, 0.1) is 35.5 Å². The summed E-state index contributed by atoms with van der Waals surface area (Å²) in [4.78, 5) is 26.1. The lowest BCUT2D eigenvalue weighted by atomic mass is 9.80. The van der Waals surface area contributed by atoms with Crippen LogP contribution in [0.1, 0.15) is 93.9 Å². The maximum Gasteiger partial charge on any atom is 0.308 e. The normalized spacial score (nSPS) is 19.7. The van der Waals surface area contributed by atoms with Crippen molar-refractivity contribution in [3.8, 4) is 0 Å². The number of rotatable bonds is 19. The van der Waals surface area contributed by atoms with Crippen molar-refractivity contribution < 1.29 is 23.8 Å². The minimum absolute atomic E-state index is 0.0149. The lowest BCUT2D eigenvalue weighted by Gasteiger charge is -2.35. The van der Waals surface area contributed by atoms with Crippen LogP contribution in [0.5, 0.6) is 0 Å². The zero-order chi connectivity index (χ0) is 29.0. The van der Waals surface area contributed by atoms with Gasteiger partial charge in [0.2, 0.25) is 5.91 Å². The van der Waals surface area contributed by atoms with E-state index in [0.29, 0.717) is 24.2 Å². The van der Waals surface area contributed by atoms with Crippen molar-refractivity contribution in [1.82, 2.24) is 4.90 Å². The number of ether oxygens (including phenoxy) is 3. The zero-order valence-corrected chi connectivity index (χ0v) is 26.0. The number of hydrogen-bond donors (Lipinski definition) is 0. The summed E-state index contributed by atoms with van der Waals surface area (Å²) in [5.41, 5.74) is 1.30. The molecule has 0 bridgehead atoms. The molecule has 6 heteroatoms. The third-order valence-corrected chi connectivity index (χ3v) is 8.46. The van der Waals surface area contributed by atoms with Crippen molar-refractivity contribution in [3.05, 3.63) is 24.4 Å². The van der Waals surface area contributed by atoms with Crippen molar-refractivity contribution in [2.75, 3.05) is 20.8 Å². The van der Waals surface area contributed by atoms with Crippen LogP contribution in [0.4, 0.5) is 0 Å². The van der Waals surface area contributed by atoms with Crippen molar-refractivity contribution >= 4 is 11.9 Å². The van der Waals surface area contributed by atoms with Gasteiger partial charge in [0.25, 0.3) is 0 Å². The fraction of sp³-hybridized carbons (Fsp3) is 0.812. The molecule has 1 fully saturated rings. The van der Waals surface area contributed by atoms with Crippen molar-refractivity contribution in [1.29, 1.82) is 0 Å². The van der Waals surface area contributed by atoms with Gasteiger partial charge in [0.15, 0.2) is 0 Å². The molecular weight excluding hydrogens is 478 g/mol. The Labute approximate surface area is 233 Å². The summed E-state index contributed by atoms with van der Waals surface area (Å²) >= 11 is 0. The molecule has 0 aromatic carbocycles. The molecule has 0 aliphatic carbocycles. The van der Waals surface area contributed by atoms with Crippen LogP contribution in [0.3, 0.4) is 0 Å². The Morgan fingerprint density at radius 3 is 2.13 bits per heavy atom. The zero-order valence-electron chi connectivity index (χ0n) is 26.0. The molecule has 0 aromatic rings. The lowest BCUT2D eigenvalue weighted by molar-refractivity contribution is -0.159. The van der Waals surface area contributed by atoms with E-state index < -0.39 is 0 Å². The van der Waals surface area contributed by atoms with Gasteiger partial charge in [-0.2, -0.15) is 0 Å². The second-order valence-corrected chi connectivity index (χ2v) is 12.1. The highest BCUT2D eigenvalue weighted by Crippen LogP contribution is 2.32. The van der Waals surface area contributed by atoms with E-state index in [2.05, 4.69) is 48.1 Å². The van der Waals surface area contributed by atoms with Crippen LogP contribution >= 0.6 is 0 Å².